The van der Waals surface area contributed by atoms with E-state index in [1.54, 1.807) is 0 Å². The zero-order valence-corrected chi connectivity index (χ0v) is 9.34. The van der Waals surface area contributed by atoms with Gasteiger partial charge in [0.05, 0.1) is 0 Å². The second kappa shape index (κ2) is 8.70. The molecule has 4 heteroatoms. The molecule has 0 amide bonds. The van der Waals surface area contributed by atoms with E-state index in [1.165, 1.54) is 0 Å². The third-order valence-electron chi connectivity index (χ3n) is 1.28. The molecule has 0 unspecified atom stereocenters. The van der Waals surface area contributed by atoms with Gasteiger partial charge in [-0.25, -0.2) is 0 Å². The van der Waals surface area contributed by atoms with E-state index in [-0.39, 0.29) is 21.5 Å². The molecular weight excluding hydrogens is 257 g/mol. The van der Waals surface area contributed by atoms with E-state index in [4.69, 9.17) is 13.4 Å². The van der Waals surface area contributed by atoms with Crippen molar-refractivity contribution in [2.45, 2.75) is 26.4 Å². The predicted molar refractivity (Wildman–Crippen MR) is 40.7 cm³/mol. The Morgan fingerprint density at radius 3 is 2.82 bits per heavy atom. The van der Waals surface area contributed by atoms with Gasteiger partial charge >= 0.3 is 79.1 Å². The molecule has 0 aromatic carbocycles. The summed E-state index contributed by atoms with van der Waals surface area (Å²) in [6, 6.07) is 0. The van der Waals surface area contributed by atoms with Crippen LogP contribution in [-0.2, 0) is 9.47 Å². The van der Waals surface area contributed by atoms with Crippen LogP contribution in [0.15, 0.2) is 0 Å². The number of hydrogen-bond donors (Lipinski definition) is 1. The topological polar surface area (TPSA) is 44.5 Å². The van der Waals surface area contributed by atoms with E-state index in [0.717, 1.165) is 24.2 Å². The normalized spacial score (nSPS) is 13.7. The summed E-state index contributed by atoms with van der Waals surface area (Å²) in [5, 5.41) is 0. The van der Waals surface area contributed by atoms with Crippen LogP contribution < -0.4 is 25.4 Å². The van der Waals surface area contributed by atoms with Gasteiger partial charge in [-0.15, -0.1) is 0 Å². The molecule has 0 aliphatic carbocycles. The average Bonchev–Trinajstić information content (AvgIpc) is 2.01. The SMILES string of the molecule is CCOCC[C@H](C)OC[I-]N. The number of ether oxygens (including phenoxy) is 2. The number of nitrogens with two attached hydrogens (primary N) is 1. The van der Waals surface area contributed by atoms with Crippen molar-refractivity contribution in [2.75, 3.05) is 17.8 Å². The van der Waals surface area contributed by atoms with Crippen molar-refractivity contribution in [1.82, 2.24) is 0 Å². The maximum atomic E-state index is 5.39. The van der Waals surface area contributed by atoms with Gasteiger partial charge in [-0.3, -0.25) is 0 Å². The van der Waals surface area contributed by atoms with Gasteiger partial charge in [0.2, 0.25) is 0 Å². The van der Waals surface area contributed by atoms with Crippen molar-refractivity contribution >= 4 is 0 Å². The Morgan fingerprint density at radius 1 is 1.55 bits per heavy atom. The van der Waals surface area contributed by atoms with Crippen molar-refractivity contribution in [2.24, 2.45) is 3.95 Å². The van der Waals surface area contributed by atoms with E-state index in [9.17, 15) is 0 Å². The molecule has 0 aliphatic rings. The van der Waals surface area contributed by atoms with Crippen molar-refractivity contribution in [3.05, 3.63) is 0 Å². The number of hydrogen-bond acceptors (Lipinski definition) is 3. The van der Waals surface area contributed by atoms with Gasteiger partial charge in [0, 0.05) is 0 Å². The molecule has 0 aromatic heterocycles. The molecule has 11 heavy (non-hydrogen) atoms. The predicted octanol–water partition coefficient (Wildman–Crippen LogP) is -2.26. The van der Waals surface area contributed by atoms with Crippen molar-refractivity contribution in [3.8, 4) is 0 Å². The zero-order chi connectivity index (χ0) is 8.53. The van der Waals surface area contributed by atoms with Crippen LogP contribution in [0.1, 0.15) is 20.3 Å². The van der Waals surface area contributed by atoms with E-state index in [1.807, 2.05) is 6.92 Å². The molecule has 0 rings (SSSR count). The zero-order valence-electron chi connectivity index (χ0n) is 7.18. The third-order valence-corrected chi connectivity index (χ3v) is 2.00. The summed E-state index contributed by atoms with van der Waals surface area (Å²) in [5.41, 5.74) is 0. The first kappa shape index (κ1) is 11.6. The Hall–Kier alpha value is 0.610. The monoisotopic (exact) mass is 274 g/mol. The van der Waals surface area contributed by atoms with Gasteiger partial charge in [-0.2, -0.15) is 0 Å². The molecule has 0 aromatic rings. The van der Waals surface area contributed by atoms with Crippen molar-refractivity contribution in [1.29, 1.82) is 0 Å². The Bertz CT molecular complexity index is 82.8. The van der Waals surface area contributed by atoms with Crippen LogP contribution in [0, 0.1) is 0 Å². The Kier molecular flexibility index (Phi) is 9.19. The van der Waals surface area contributed by atoms with Crippen LogP contribution in [0.2, 0.25) is 0 Å². The van der Waals surface area contributed by atoms with E-state index >= 15 is 0 Å². The van der Waals surface area contributed by atoms with Gasteiger partial charge in [0.15, 0.2) is 0 Å². The van der Waals surface area contributed by atoms with Gasteiger partial charge in [0.25, 0.3) is 0 Å². The summed E-state index contributed by atoms with van der Waals surface area (Å²) in [4.78, 5) is 0. The van der Waals surface area contributed by atoms with Gasteiger partial charge in [0.1, 0.15) is 0 Å². The van der Waals surface area contributed by atoms with Crippen molar-refractivity contribution in [3.63, 3.8) is 0 Å². The van der Waals surface area contributed by atoms with E-state index < -0.39 is 0 Å². The van der Waals surface area contributed by atoms with Gasteiger partial charge in [-0.1, -0.05) is 0 Å². The molecule has 0 spiro atoms. The van der Waals surface area contributed by atoms with E-state index in [2.05, 4.69) is 6.92 Å². The molecule has 0 saturated heterocycles. The van der Waals surface area contributed by atoms with E-state index in [0.29, 0.717) is 6.10 Å². The maximum absolute atomic E-state index is 5.39. The molecule has 2 N–H and O–H groups in total. The molecule has 0 saturated carbocycles. The summed E-state index contributed by atoms with van der Waals surface area (Å²) >= 11 is -0.209. The Labute approximate surface area is 79.2 Å². The molecule has 70 valence electrons. The summed E-state index contributed by atoms with van der Waals surface area (Å²) < 4.78 is 16.7. The molecule has 0 fully saturated rings. The minimum atomic E-state index is -0.209. The first-order chi connectivity index (χ1) is 5.31. The second-order valence-electron chi connectivity index (χ2n) is 2.23. The van der Waals surface area contributed by atoms with Crippen molar-refractivity contribution < 1.29 is 31.0 Å². The van der Waals surface area contributed by atoms with Crippen LogP contribution in [0.5, 0.6) is 0 Å². The van der Waals surface area contributed by atoms with Gasteiger partial charge < -0.3 is 0 Å². The second-order valence-corrected chi connectivity index (χ2v) is 3.73. The summed E-state index contributed by atoms with van der Waals surface area (Å²) in [6.45, 7) is 5.63. The summed E-state index contributed by atoms with van der Waals surface area (Å²) in [5.74, 6) is 0. The van der Waals surface area contributed by atoms with Crippen LogP contribution in [-0.4, -0.2) is 23.9 Å². The molecule has 1 atom stereocenters. The first-order valence-corrected chi connectivity index (χ1v) is 6.55. The molecule has 0 bridgehead atoms. The summed E-state index contributed by atoms with van der Waals surface area (Å²) in [7, 11) is 0. The molecule has 0 heterocycles. The molecular formula is C7H17INO2-. The van der Waals surface area contributed by atoms with Crippen LogP contribution in [0.4, 0.5) is 0 Å². The Morgan fingerprint density at radius 2 is 2.27 bits per heavy atom. The number of halogens is 1. The molecule has 0 aliphatic heterocycles. The molecule has 0 radical (unpaired) electrons. The fourth-order valence-electron chi connectivity index (χ4n) is 0.621. The fraction of sp³-hybridized carbons (Fsp3) is 1.00. The first-order valence-electron chi connectivity index (χ1n) is 3.78. The minimum absolute atomic E-state index is 0.209. The van der Waals surface area contributed by atoms with Crippen LogP contribution >= 0.6 is 0 Å². The third kappa shape index (κ3) is 8.52. The van der Waals surface area contributed by atoms with Crippen LogP contribution in [0.25, 0.3) is 0 Å². The number of rotatable bonds is 7. The molecule has 3 nitrogen and oxygen atoms in total. The van der Waals surface area contributed by atoms with Gasteiger partial charge in [-0.05, 0) is 0 Å². The standard InChI is InChI=1S/C7H17INO2/c1-3-10-5-4-7(2)11-6-8-9/h7H,3-6,9H2,1-2H3/q-1/t7-/m0/s1. The fourth-order valence-corrected chi connectivity index (χ4v) is 1.44. The Balaban J connectivity index is 3.02. The number of alkyl halides is 1. The average molecular weight is 274 g/mol. The van der Waals surface area contributed by atoms with Crippen LogP contribution in [0.3, 0.4) is 0 Å². The summed E-state index contributed by atoms with van der Waals surface area (Å²) in [6.07, 6.45) is 1.27. The quantitative estimate of drug-likeness (QED) is 0.247.